The lowest BCUT2D eigenvalue weighted by molar-refractivity contribution is 0.437. The summed E-state index contributed by atoms with van der Waals surface area (Å²) in [6, 6.07) is 0.706. The third-order valence-electron chi connectivity index (χ3n) is 2.05. The summed E-state index contributed by atoms with van der Waals surface area (Å²) in [7, 11) is 6.32. The molecule has 0 aliphatic rings. The van der Waals surface area contributed by atoms with Crippen LogP contribution in [-0.2, 0) is 0 Å². The van der Waals surface area contributed by atoms with Crippen LogP contribution in [0.2, 0.25) is 0 Å². The zero-order chi connectivity index (χ0) is 10.1. The molecule has 0 saturated carbocycles. The maximum Gasteiger partial charge on any atom is 0.0155 e. The van der Waals surface area contributed by atoms with Crippen molar-refractivity contribution in [2.75, 3.05) is 39.2 Å². The SMILES string of the molecule is CCCC(CSCCN(C)C)NC. The van der Waals surface area contributed by atoms with Crippen LogP contribution in [0, 0.1) is 0 Å². The van der Waals surface area contributed by atoms with E-state index in [1.807, 2.05) is 0 Å². The molecule has 1 unspecified atom stereocenters. The molecule has 0 amide bonds. The van der Waals surface area contributed by atoms with E-state index in [1.165, 1.54) is 30.9 Å². The molecule has 0 fully saturated rings. The van der Waals surface area contributed by atoms with E-state index < -0.39 is 0 Å². The fraction of sp³-hybridized carbons (Fsp3) is 1.00. The van der Waals surface area contributed by atoms with Gasteiger partial charge in [-0.2, -0.15) is 11.8 Å². The molecule has 13 heavy (non-hydrogen) atoms. The highest BCUT2D eigenvalue weighted by atomic mass is 32.2. The summed E-state index contributed by atoms with van der Waals surface area (Å²) in [5, 5.41) is 3.36. The molecule has 0 aliphatic heterocycles. The van der Waals surface area contributed by atoms with Gasteiger partial charge < -0.3 is 10.2 Å². The maximum atomic E-state index is 3.36. The first-order chi connectivity index (χ1) is 6.20. The average Bonchev–Trinajstić information content (AvgIpc) is 2.10. The minimum absolute atomic E-state index is 0.706. The molecule has 0 spiro atoms. The van der Waals surface area contributed by atoms with Crippen molar-refractivity contribution < 1.29 is 0 Å². The Labute approximate surface area is 87.5 Å². The van der Waals surface area contributed by atoms with Crippen LogP contribution in [0.3, 0.4) is 0 Å². The fourth-order valence-corrected chi connectivity index (χ4v) is 2.41. The Hall–Kier alpha value is 0.270. The van der Waals surface area contributed by atoms with E-state index in [2.05, 4.69) is 50.0 Å². The topological polar surface area (TPSA) is 15.3 Å². The van der Waals surface area contributed by atoms with E-state index in [4.69, 9.17) is 0 Å². The highest BCUT2D eigenvalue weighted by Crippen LogP contribution is 2.06. The molecule has 0 aromatic heterocycles. The van der Waals surface area contributed by atoms with Gasteiger partial charge in [-0.15, -0.1) is 0 Å². The van der Waals surface area contributed by atoms with Crippen LogP contribution in [-0.4, -0.2) is 50.1 Å². The van der Waals surface area contributed by atoms with Crippen LogP contribution in [0.1, 0.15) is 19.8 Å². The van der Waals surface area contributed by atoms with Gasteiger partial charge in [0.05, 0.1) is 0 Å². The highest BCUT2D eigenvalue weighted by Gasteiger charge is 2.03. The van der Waals surface area contributed by atoms with Gasteiger partial charge in [0.15, 0.2) is 0 Å². The van der Waals surface area contributed by atoms with Gasteiger partial charge in [-0.1, -0.05) is 13.3 Å². The third kappa shape index (κ3) is 8.60. The van der Waals surface area contributed by atoms with Gasteiger partial charge in [0.1, 0.15) is 0 Å². The van der Waals surface area contributed by atoms with E-state index in [0.717, 1.165) is 0 Å². The predicted octanol–water partition coefficient (Wildman–Crippen LogP) is 1.67. The van der Waals surface area contributed by atoms with Crippen LogP contribution < -0.4 is 5.32 Å². The summed E-state index contributed by atoms with van der Waals surface area (Å²) >= 11 is 2.05. The van der Waals surface area contributed by atoms with Gasteiger partial charge in [-0.3, -0.25) is 0 Å². The van der Waals surface area contributed by atoms with E-state index >= 15 is 0 Å². The summed E-state index contributed by atoms with van der Waals surface area (Å²) < 4.78 is 0. The van der Waals surface area contributed by atoms with Crippen molar-refractivity contribution in [1.82, 2.24) is 10.2 Å². The Bertz CT molecular complexity index is 107. The van der Waals surface area contributed by atoms with Crippen LogP contribution >= 0.6 is 11.8 Å². The van der Waals surface area contributed by atoms with Gasteiger partial charge in [0.25, 0.3) is 0 Å². The minimum atomic E-state index is 0.706. The molecular weight excluding hydrogens is 180 g/mol. The molecule has 0 bridgehead atoms. The molecule has 0 aromatic carbocycles. The monoisotopic (exact) mass is 204 g/mol. The molecule has 0 rings (SSSR count). The summed E-state index contributed by atoms with van der Waals surface area (Å²) in [4.78, 5) is 2.24. The second kappa shape index (κ2) is 8.85. The van der Waals surface area contributed by atoms with Crippen molar-refractivity contribution >= 4 is 11.8 Å². The van der Waals surface area contributed by atoms with E-state index in [-0.39, 0.29) is 0 Å². The van der Waals surface area contributed by atoms with Crippen LogP contribution in [0.5, 0.6) is 0 Å². The zero-order valence-electron chi connectivity index (χ0n) is 9.47. The molecule has 2 nitrogen and oxygen atoms in total. The molecule has 0 aromatic rings. The van der Waals surface area contributed by atoms with Gasteiger partial charge in [-0.25, -0.2) is 0 Å². The lowest BCUT2D eigenvalue weighted by Crippen LogP contribution is -2.28. The van der Waals surface area contributed by atoms with Crippen LogP contribution in [0.4, 0.5) is 0 Å². The van der Waals surface area contributed by atoms with Gasteiger partial charge >= 0.3 is 0 Å². The average molecular weight is 204 g/mol. The van der Waals surface area contributed by atoms with Gasteiger partial charge in [-0.05, 0) is 27.6 Å². The van der Waals surface area contributed by atoms with Gasteiger partial charge in [0, 0.05) is 24.1 Å². The molecule has 0 heterocycles. The fourth-order valence-electron chi connectivity index (χ4n) is 1.13. The number of thioether (sulfide) groups is 1. The molecule has 80 valence electrons. The summed E-state index contributed by atoms with van der Waals surface area (Å²) in [6.07, 6.45) is 2.57. The minimum Gasteiger partial charge on any atom is -0.316 e. The summed E-state index contributed by atoms with van der Waals surface area (Å²) in [5.41, 5.74) is 0. The molecule has 3 heteroatoms. The van der Waals surface area contributed by atoms with E-state index in [0.29, 0.717) is 6.04 Å². The zero-order valence-corrected chi connectivity index (χ0v) is 10.3. The molecule has 0 saturated heterocycles. The third-order valence-corrected chi connectivity index (χ3v) is 3.16. The van der Waals surface area contributed by atoms with E-state index in [9.17, 15) is 0 Å². The van der Waals surface area contributed by atoms with Crippen molar-refractivity contribution in [3.63, 3.8) is 0 Å². The van der Waals surface area contributed by atoms with Crippen molar-refractivity contribution in [3.05, 3.63) is 0 Å². The Morgan fingerprint density at radius 1 is 1.38 bits per heavy atom. The summed E-state index contributed by atoms with van der Waals surface area (Å²) in [5.74, 6) is 2.49. The van der Waals surface area contributed by atoms with Crippen LogP contribution in [0.15, 0.2) is 0 Å². The quantitative estimate of drug-likeness (QED) is 0.606. The number of nitrogens with zero attached hydrogens (tertiary/aromatic N) is 1. The smallest absolute Gasteiger partial charge is 0.0155 e. The van der Waals surface area contributed by atoms with Crippen LogP contribution in [0.25, 0.3) is 0 Å². The number of hydrogen-bond acceptors (Lipinski definition) is 3. The lowest BCUT2D eigenvalue weighted by atomic mass is 10.2. The molecule has 0 radical (unpaired) electrons. The Kier molecular flexibility index (Phi) is 9.03. The molecule has 1 atom stereocenters. The molecular formula is C10H24N2S. The first-order valence-corrected chi connectivity index (χ1v) is 6.25. The summed E-state index contributed by atoms with van der Waals surface area (Å²) in [6.45, 7) is 3.43. The maximum absolute atomic E-state index is 3.36. The van der Waals surface area contributed by atoms with Crippen molar-refractivity contribution in [2.24, 2.45) is 0 Å². The standard InChI is InChI=1S/C10H24N2S/c1-5-6-10(11-2)9-13-8-7-12(3)4/h10-11H,5-9H2,1-4H3. The van der Waals surface area contributed by atoms with Crippen molar-refractivity contribution in [3.8, 4) is 0 Å². The normalized spacial score (nSPS) is 13.6. The van der Waals surface area contributed by atoms with E-state index in [1.54, 1.807) is 0 Å². The largest absolute Gasteiger partial charge is 0.316 e. The molecule has 0 aliphatic carbocycles. The predicted molar refractivity (Wildman–Crippen MR) is 63.6 cm³/mol. The Balaban J connectivity index is 3.27. The Morgan fingerprint density at radius 2 is 2.08 bits per heavy atom. The van der Waals surface area contributed by atoms with Gasteiger partial charge in [0.2, 0.25) is 0 Å². The number of hydrogen-bond donors (Lipinski definition) is 1. The molecule has 1 N–H and O–H groups in total. The Morgan fingerprint density at radius 3 is 2.54 bits per heavy atom. The lowest BCUT2D eigenvalue weighted by Gasteiger charge is -2.15. The van der Waals surface area contributed by atoms with Crippen molar-refractivity contribution in [2.45, 2.75) is 25.8 Å². The number of rotatable bonds is 8. The first kappa shape index (κ1) is 13.3. The number of nitrogens with one attached hydrogen (secondary N) is 1. The first-order valence-electron chi connectivity index (χ1n) is 5.10. The second-order valence-electron chi connectivity index (χ2n) is 3.65. The van der Waals surface area contributed by atoms with Crippen molar-refractivity contribution in [1.29, 1.82) is 0 Å². The highest BCUT2D eigenvalue weighted by molar-refractivity contribution is 7.99. The second-order valence-corrected chi connectivity index (χ2v) is 4.80.